The Balaban J connectivity index is 2.53. The average molecular weight is 227 g/mol. The van der Waals surface area contributed by atoms with Crippen LogP contribution in [0.2, 0.25) is 0 Å². The van der Waals surface area contributed by atoms with Crippen molar-refractivity contribution >= 4 is 17.8 Å². The molecule has 0 bridgehead atoms. The van der Waals surface area contributed by atoms with E-state index in [4.69, 9.17) is 4.84 Å². The Hall–Kier alpha value is -1.39. The molecule has 1 rings (SSSR count). The van der Waals surface area contributed by atoms with Gasteiger partial charge in [0.1, 0.15) is 0 Å². The van der Waals surface area contributed by atoms with Gasteiger partial charge in [-0.05, 0) is 12.8 Å². The summed E-state index contributed by atoms with van der Waals surface area (Å²) in [6, 6.07) is 0. The topological polar surface area (TPSA) is 63.7 Å². The van der Waals surface area contributed by atoms with E-state index in [2.05, 4.69) is 0 Å². The summed E-state index contributed by atoms with van der Waals surface area (Å²) in [5, 5.41) is 0.525. The van der Waals surface area contributed by atoms with Gasteiger partial charge in [-0.15, -0.1) is 5.06 Å². The highest BCUT2D eigenvalue weighted by atomic mass is 16.7. The summed E-state index contributed by atoms with van der Waals surface area (Å²) in [4.78, 5) is 38.5. The van der Waals surface area contributed by atoms with Crippen LogP contribution >= 0.6 is 0 Å². The maximum atomic E-state index is 11.6. The molecular formula is C11H17NO4. The maximum absolute atomic E-state index is 11.6. The minimum Gasteiger partial charge on any atom is -0.330 e. The SMILES string of the molecule is CC(=O)N(OC(=O)C1CCCCC1)C(C)=O. The van der Waals surface area contributed by atoms with E-state index in [1.165, 1.54) is 13.8 Å². The van der Waals surface area contributed by atoms with Crippen LogP contribution in [-0.2, 0) is 19.2 Å². The zero-order valence-electron chi connectivity index (χ0n) is 9.69. The molecule has 0 aromatic carbocycles. The van der Waals surface area contributed by atoms with Gasteiger partial charge in [0.15, 0.2) is 0 Å². The van der Waals surface area contributed by atoms with Gasteiger partial charge in [0, 0.05) is 13.8 Å². The second kappa shape index (κ2) is 5.63. The summed E-state index contributed by atoms with van der Waals surface area (Å²) in [7, 11) is 0. The minimum absolute atomic E-state index is 0.171. The van der Waals surface area contributed by atoms with Crippen LogP contribution in [-0.4, -0.2) is 22.8 Å². The van der Waals surface area contributed by atoms with Crippen molar-refractivity contribution < 1.29 is 19.2 Å². The standard InChI is InChI=1S/C11H17NO4/c1-8(13)12(9(2)14)16-11(15)10-6-4-3-5-7-10/h10H,3-7H2,1-2H3. The lowest BCUT2D eigenvalue weighted by molar-refractivity contribution is -0.204. The molecule has 0 N–H and O–H groups in total. The van der Waals surface area contributed by atoms with E-state index in [-0.39, 0.29) is 5.92 Å². The number of carbonyl (C=O) groups excluding carboxylic acids is 3. The summed E-state index contributed by atoms with van der Waals surface area (Å²) in [6.07, 6.45) is 4.69. The molecule has 5 nitrogen and oxygen atoms in total. The number of hydrogen-bond acceptors (Lipinski definition) is 4. The highest BCUT2D eigenvalue weighted by Gasteiger charge is 2.27. The Labute approximate surface area is 94.7 Å². The van der Waals surface area contributed by atoms with Gasteiger partial charge in [-0.1, -0.05) is 19.3 Å². The van der Waals surface area contributed by atoms with Crippen LogP contribution in [0.25, 0.3) is 0 Å². The smallest absolute Gasteiger partial charge is 0.330 e. The Bertz CT molecular complexity index is 280. The van der Waals surface area contributed by atoms with E-state index >= 15 is 0 Å². The number of amides is 2. The molecule has 0 radical (unpaired) electrons. The molecule has 0 aromatic rings. The third-order valence-corrected chi connectivity index (χ3v) is 2.69. The van der Waals surface area contributed by atoms with Gasteiger partial charge in [-0.3, -0.25) is 9.59 Å². The highest BCUT2D eigenvalue weighted by Crippen LogP contribution is 2.24. The molecule has 0 unspecified atom stereocenters. The zero-order valence-corrected chi connectivity index (χ0v) is 9.69. The average Bonchev–Trinajstić information content (AvgIpc) is 2.25. The van der Waals surface area contributed by atoms with Crippen LogP contribution in [0.4, 0.5) is 0 Å². The second-order valence-corrected chi connectivity index (χ2v) is 4.08. The molecule has 0 spiro atoms. The Morgan fingerprint density at radius 3 is 1.94 bits per heavy atom. The molecule has 0 aromatic heterocycles. The molecule has 5 heteroatoms. The van der Waals surface area contributed by atoms with Crippen molar-refractivity contribution in [3.05, 3.63) is 0 Å². The normalized spacial score (nSPS) is 16.6. The van der Waals surface area contributed by atoms with Crippen LogP contribution < -0.4 is 0 Å². The predicted molar refractivity (Wildman–Crippen MR) is 55.9 cm³/mol. The Kier molecular flexibility index (Phi) is 4.46. The lowest BCUT2D eigenvalue weighted by Crippen LogP contribution is -2.37. The van der Waals surface area contributed by atoms with Crippen molar-refractivity contribution in [2.45, 2.75) is 46.0 Å². The molecule has 2 amide bonds. The molecule has 1 aliphatic carbocycles. The molecule has 0 saturated heterocycles. The van der Waals surface area contributed by atoms with Gasteiger partial charge < -0.3 is 4.84 Å². The molecule has 0 atom stereocenters. The Morgan fingerprint density at radius 1 is 1.00 bits per heavy atom. The first kappa shape index (κ1) is 12.7. The van der Waals surface area contributed by atoms with Crippen LogP contribution in [0, 0.1) is 5.92 Å². The van der Waals surface area contributed by atoms with Crippen LogP contribution in [0.5, 0.6) is 0 Å². The first-order valence-corrected chi connectivity index (χ1v) is 5.55. The van der Waals surface area contributed by atoms with E-state index in [1.807, 2.05) is 0 Å². The van der Waals surface area contributed by atoms with Crippen molar-refractivity contribution in [1.29, 1.82) is 0 Å². The van der Waals surface area contributed by atoms with E-state index < -0.39 is 17.8 Å². The van der Waals surface area contributed by atoms with Crippen LogP contribution in [0.3, 0.4) is 0 Å². The molecular weight excluding hydrogens is 210 g/mol. The second-order valence-electron chi connectivity index (χ2n) is 4.08. The number of rotatable bonds is 1. The third-order valence-electron chi connectivity index (χ3n) is 2.69. The maximum Gasteiger partial charge on any atom is 0.336 e. The van der Waals surface area contributed by atoms with E-state index in [0.717, 1.165) is 32.1 Å². The fraction of sp³-hybridized carbons (Fsp3) is 0.727. The summed E-state index contributed by atoms with van der Waals surface area (Å²) in [5.41, 5.74) is 0. The van der Waals surface area contributed by atoms with Crippen molar-refractivity contribution in [2.24, 2.45) is 5.92 Å². The molecule has 1 saturated carbocycles. The quantitative estimate of drug-likeness (QED) is 0.635. The van der Waals surface area contributed by atoms with Crippen molar-refractivity contribution in [2.75, 3.05) is 0 Å². The predicted octanol–water partition coefficient (Wildman–Crippen LogP) is 1.42. The van der Waals surface area contributed by atoms with Gasteiger partial charge in [-0.2, -0.15) is 0 Å². The third kappa shape index (κ3) is 3.32. The molecule has 1 fully saturated rings. The lowest BCUT2D eigenvalue weighted by Gasteiger charge is -2.22. The van der Waals surface area contributed by atoms with Crippen LogP contribution in [0.15, 0.2) is 0 Å². The van der Waals surface area contributed by atoms with Gasteiger partial charge in [0.2, 0.25) is 0 Å². The lowest BCUT2D eigenvalue weighted by atomic mass is 9.89. The number of nitrogens with zero attached hydrogens (tertiary/aromatic N) is 1. The zero-order chi connectivity index (χ0) is 12.1. The first-order chi connectivity index (χ1) is 7.52. The number of carbonyl (C=O) groups is 3. The molecule has 0 heterocycles. The first-order valence-electron chi connectivity index (χ1n) is 5.55. The monoisotopic (exact) mass is 227 g/mol. The van der Waals surface area contributed by atoms with E-state index in [1.54, 1.807) is 0 Å². The number of imide groups is 1. The van der Waals surface area contributed by atoms with Gasteiger partial charge in [0.25, 0.3) is 11.8 Å². The largest absolute Gasteiger partial charge is 0.336 e. The summed E-state index contributed by atoms with van der Waals surface area (Å²) >= 11 is 0. The molecule has 0 aliphatic heterocycles. The fourth-order valence-corrected chi connectivity index (χ4v) is 1.85. The summed E-state index contributed by atoms with van der Waals surface area (Å²) in [6.45, 7) is 2.38. The summed E-state index contributed by atoms with van der Waals surface area (Å²) < 4.78 is 0. The van der Waals surface area contributed by atoms with Gasteiger partial charge in [0.05, 0.1) is 5.92 Å². The van der Waals surface area contributed by atoms with Crippen molar-refractivity contribution in [3.8, 4) is 0 Å². The molecule has 1 aliphatic rings. The molecule has 16 heavy (non-hydrogen) atoms. The fourth-order valence-electron chi connectivity index (χ4n) is 1.85. The molecule has 90 valence electrons. The number of hydrogen-bond donors (Lipinski definition) is 0. The van der Waals surface area contributed by atoms with Crippen molar-refractivity contribution in [3.63, 3.8) is 0 Å². The minimum atomic E-state index is -0.573. The van der Waals surface area contributed by atoms with E-state index in [0.29, 0.717) is 5.06 Å². The van der Waals surface area contributed by atoms with Gasteiger partial charge >= 0.3 is 5.97 Å². The van der Waals surface area contributed by atoms with E-state index in [9.17, 15) is 14.4 Å². The van der Waals surface area contributed by atoms with Gasteiger partial charge in [-0.25, -0.2) is 4.79 Å². The Morgan fingerprint density at radius 2 is 1.50 bits per heavy atom. The highest BCUT2D eigenvalue weighted by molar-refractivity contribution is 5.93. The van der Waals surface area contributed by atoms with Crippen molar-refractivity contribution in [1.82, 2.24) is 5.06 Å². The van der Waals surface area contributed by atoms with Crippen LogP contribution in [0.1, 0.15) is 46.0 Å². The number of hydroxylamine groups is 2. The summed E-state index contributed by atoms with van der Waals surface area (Å²) in [5.74, 6) is -1.78.